The highest BCUT2D eigenvalue weighted by Gasteiger charge is 2.38. The van der Waals surface area contributed by atoms with Crippen LogP contribution in [-0.4, -0.2) is 61.2 Å². The van der Waals surface area contributed by atoms with Gasteiger partial charge < -0.3 is 25.6 Å². The maximum absolute atomic E-state index is 13.5. The Morgan fingerprint density at radius 2 is 2.05 bits per heavy atom. The van der Waals surface area contributed by atoms with Crippen molar-refractivity contribution in [1.82, 2.24) is 20.9 Å². The molecule has 4 heterocycles. The Morgan fingerprint density at radius 1 is 1.27 bits per heavy atom. The minimum absolute atomic E-state index is 0.0356. The molecule has 214 valence electrons. The van der Waals surface area contributed by atoms with Gasteiger partial charge in [-0.3, -0.25) is 9.59 Å². The normalized spacial score (nSPS) is 26.1. The lowest BCUT2D eigenvalue weighted by Crippen LogP contribution is -2.51. The number of hydrogen-bond acceptors (Lipinski definition) is 6. The molecule has 0 saturated carbocycles. The highest BCUT2D eigenvalue weighted by Crippen LogP contribution is 2.45. The number of fused-ring (bicyclic) bond motifs is 1. The Hall–Kier alpha value is -3.39. The number of aromatic nitrogens is 1. The van der Waals surface area contributed by atoms with E-state index in [2.05, 4.69) is 40.4 Å². The van der Waals surface area contributed by atoms with E-state index in [1.54, 1.807) is 0 Å². The molecule has 3 N–H and O–H groups in total. The molecule has 0 bridgehead atoms. The van der Waals surface area contributed by atoms with Crippen molar-refractivity contribution in [2.75, 3.05) is 37.6 Å². The maximum atomic E-state index is 13.5. The molecule has 4 atom stereocenters. The highest BCUT2D eigenvalue weighted by molar-refractivity contribution is 5.97. The number of piperazine rings is 1. The van der Waals surface area contributed by atoms with Gasteiger partial charge in [-0.25, -0.2) is 4.98 Å². The molecule has 0 spiro atoms. The van der Waals surface area contributed by atoms with Crippen LogP contribution in [0.5, 0.6) is 5.75 Å². The van der Waals surface area contributed by atoms with Crippen molar-refractivity contribution >= 4 is 17.6 Å². The van der Waals surface area contributed by atoms with E-state index in [0.29, 0.717) is 18.5 Å². The van der Waals surface area contributed by atoms with Gasteiger partial charge in [0.15, 0.2) is 0 Å². The molecule has 3 aliphatic heterocycles. The van der Waals surface area contributed by atoms with Crippen LogP contribution < -0.4 is 25.6 Å². The second kappa shape index (κ2) is 11.6. The van der Waals surface area contributed by atoms with E-state index in [1.807, 2.05) is 45.2 Å². The number of piperidine rings is 1. The molecule has 8 nitrogen and oxygen atoms in total. The number of amides is 2. The number of hydrogen-bond donors (Lipinski definition) is 3. The van der Waals surface area contributed by atoms with Crippen molar-refractivity contribution < 1.29 is 14.3 Å². The van der Waals surface area contributed by atoms with E-state index in [4.69, 9.17) is 9.72 Å². The van der Waals surface area contributed by atoms with Crippen LogP contribution in [0.15, 0.2) is 42.6 Å². The Morgan fingerprint density at radius 3 is 2.73 bits per heavy atom. The summed E-state index contributed by atoms with van der Waals surface area (Å²) in [7, 11) is 0. The zero-order valence-corrected chi connectivity index (χ0v) is 24.3. The summed E-state index contributed by atoms with van der Waals surface area (Å²) < 4.78 is 6.51. The average Bonchev–Trinajstić information content (AvgIpc) is 3.30. The summed E-state index contributed by atoms with van der Waals surface area (Å²) in [4.78, 5) is 33.4. The first-order valence-corrected chi connectivity index (χ1v) is 14.7. The van der Waals surface area contributed by atoms with E-state index >= 15 is 0 Å². The van der Waals surface area contributed by atoms with Crippen LogP contribution in [-0.2, 0) is 11.2 Å². The summed E-state index contributed by atoms with van der Waals surface area (Å²) >= 11 is 0. The number of rotatable bonds is 8. The van der Waals surface area contributed by atoms with Gasteiger partial charge >= 0.3 is 0 Å². The molecule has 8 heteroatoms. The summed E-state index contributed by atoms with van der Waals surface area (Å²) in [5.41, 5.74) is 3.69. The summed E-state index contributed by atoms with van der Waals surface area (Å²) in [5, 5.41) is 9.52. The summed E-state index contributed by atoms with van der Waals surface area (Å²) in [6.07, 6.45) is 5.45. The van der Waals surface area contributed by atoms with Gasteiger partial charge in [0, 0.05) is 68.1 Å². The molecule has 2 amide bonds. The second-order valence-corrected chi connectivity index (χ2v) is 12.0. The van der Waals surface area contributed by atoms with Gasteiger partial charge in [-0.15, -0.1) is 0 Å². The first-order chi connectivity index (χ1) is 19.2. The van der Waals surface area contributed by atoms with Crippen LogP contribution in [0.2, 0.25) is 0 Å². The first kappa shape index (κ1) is 28.1. The molecule has 5 rings (SSSR count). The summed E-state index contributed by atoms with van der Waals surface area (Å²) in [6.45, 7) is 16.5. The van der Waals surface area contributed by atoms with Crippen molar-refractivity contribution in [2.45, 2.75) is 65.0 Å². The number of nitrogens with one attached hydrogen (secondary N) is 3. The van der Waals surface area contributed by atoms with Crippen LogP contribution in [0.1, 0.15) is 62.9 Å². The Kier molecular flexibility index (Phi) is 8.17. The van der Waals surface area contributed by atoms with Crippen LogP contribution in [0.4, 0.5) is 5.82 Å². The fourth-order valence-electron chi connectivity index (χ4n) is 6.27. The number of nitrogens with zero attached hydrogens (tertiary/aromatic N) is 2. The quantitative estimate of drug-likeness (QED) is 0.433. The number of carbonyl (C=O) groups is 2. The minimum atomic E-state index is -0.537. The molecule has 1 aromatic carbocycles. The van der Waals surface area contributed by atoms with Crippen LogP contribution in [0.3, 0.4) is 0 Å². The van der Waals surface area contributed by atoms with Gasteiger partial charge in [0.25, 0.3) is 5.91 Å². The molecule has 2 fully saturated rings. The third-order valence-electron chi connectivity index (χ3n) is 8.78. The lowest BCUT2D eigenvalue weighted by Gasteiger charge is -2.34. The molecule has 2 saturated heterocycles. The molecule has 0 radical (unpaired) electrons. The molecule has 1 aromatic heterocycles. The first-order valence-electron chi connectivity index (χ1n) is 14.7. The Labute approximate surface area is 238 Å². The summed E-state index contributed by atoms with van der Waals surface area (Å²) in [5.74, 6) is 1.64. The van der Waals surface area contributed by atoms with Gasteiger partial charge in [0.2, 0.25) is 5.91 Å². The van der Waals surface area contributed by atoms with Crippen molar-refractivity contribution in [3.63, 3.8) is 0 Å². The highest BCUT2D eigenvalue weighted by atomic mass is 16.5. The van der Waals surface area contributed by atoms with Crippen LogP contribution in [0.25, 0.3) is 11.1 Å². The number of ether oxygens (including phenoxy) is 1. The molecular weight excluding hydrogens is 502 g/mol. The zero-order chi connectivity index (χ0) is 28.4. The van der Waals surface area contributed by atoms with Crippen molar-refractivity contribution in [1.29, 1.82) is 0 Å². The molecule has 4 unspecified atom stereocenters. The van der Waals surface area contributed by atoms with Gasteiger partial charge in [0.1, 0.15) is 17.2 Å². The number of pyridine rings is 1. The molecule has 40 heavy (non-hydrogen) atoms. The van der Waals surface area contributed by atoms with E-state index in [0.717, 1.165) is 79.3 Å². The van der Waals surface area contributed by atoms with Crippen molar-refractivity contribution in [3.05, 3.63) is 53.7 Å². The third kappa shape index (κ3) is 5.73. The fraction of sp³-hybridized carbons (Fsp3) is 0.531. The van der Waals surface area contributed by atoms with Crippen LogP contribution in [0, 0.1) is 11.8 Å². The molecule has 0 aliphatic carbocycles. The SMILES string of the molecule is C=C(C)C1(C)Cc2cc(C(=O)NCC3C(=O)NC(C)CC3CCC)cc(-c3ccc(N4CCNCC4)nc3)c2O1. The summed E-state index contributed by atoms with van der Waals surface area (Å²) in [6, 6.07) is 8.10. The van der Waals surface area contributed by atoms with Gasteiger partial charge in [0.05, 0.1) is 5.92 Å². The van der Waals surface area contributed by atoms with Crippen molar-refractivity contribution in [3.8, 4) is 16.9 Å². The third-order valence-corrected chi connectivity index (χ3v) is 8.78. The minimum Gasteiger partial charge on any atom is -0.482 e. The van der Waals surface area contributed by atoms with E-state index < -0.39 is 5.60 Å². The molecular formula is C32H43N5O3. The average molecular weight is 546 g/mol. The van der Waals surface area contributed by atoms with E-state index in [1.165, 1.54) is 0 Å². The topological polar surface area (TPSA) is 95.6 Å². The van der Waals surface area contributed by atoms with E-state index in [-0.39, 0.29) is 29.7 Å². The maximum Gasteiger partial charge on any atom is 0.251 e. The monoisotopic (exact) mass is 545 g/mol. The molecule has 3 aliphatic rings. The predicted octanol–water partition coefficient (Wildman–Crippen LogP) is 4.10. The smallest absolute Gasteiger partial charge is 0.251 e. The Balaban J connectivity index is 1.41. The van der Waals surface area contributed by atoms with Gasteiger partial charge in [-0.05, 0) is 74.9 Å². The number of benzene rings is 1. The van der Waals surface area contributed by atoms with Crippen molar-refractivity contribution in [2.24, 2.45) is 11.8 Å². The van der Waals surface area contributed by atoms with E-state index in [9.17, 15) is 9.59 Å². The largest absolute Gasteiger partial charge is 0.482 e. The van der Waals surface area contributed by atoms with Gasteiger partial charge in [-0.1, -0.05) is 19.9 Å². The second-order valence-electron chi connectivity index (χ2n) is 12.0. The molecule has 2 aromatic rings. The van der Waals surface area contributed by atoms with Gasteiger partial charge in [-0.2, -0.15) is 0 Å². The standard InChI is InChI=1S/C32H43N5O3/c1-6-7-22-14-21(4)36-31(39)27(22)19-35-30(38)24-15-25-17-32(5,20(2)3)40-29(25)26(16-24)23-8-9-28(34-18-23)37-12-10-33-11-13-37/h8-9,15-16,18,21-22,27,33H,2,6-7,10-14,17,19H2,1,3-5H3,(H,35,38)(H,36,39). The lowest BCUT2D eigenvalue weighted by atomic mass is 9.80. The Bertz CT molecular complexity index is 1270. The zero-order valence-electron chi connectivity index (χ0n) is 24.3. The lowest BCUT2D eigenvalue weighted by molar-refractivity contribution is -0.129. The number of carbonyl (C=O) groups excluding carboxylic acids is 2. The number of anilines is 1. The predicted molar refractivity (Wildman–Crippen MR) is 159 cm³/mol. The fourth-order valence-corrected chi connectivity index (χ4v) is 6.27. The van der Waals surface area contributed by atoms with Crippen LogP contribution >= 0.6 is 0 Å².